The van der Waals surface area contributed by atoms with Gasteiger partial charge in [0, 0.05) is 9.77 Å². The van der Waals surface area contributed by atoms with Crippen LogP contribution < -0.4 is 0 Å². The number of carbonyl (C=O) groups is 1. The third-order valence-electron chi connectivity index (χ3n) is 3.29. The maximum atomic E-state index is 12.2. The number of halogens is 1. The van der Waals surface area contributed by atoms with E-state index in [1.165, 1.54) is 18.4 Å². The molecule has 0 aliphatic heterocycles. The second kappa shape index (κ2) is 7.04. The molecule has 0 aliphatic carbocycles. The van der Waals surface area contributed by atoms with Gasteiger partial charge in [0.05, 0.1) is 23.3 Å². The van der Waals surface area contributed by atoms with Gasteiger partial charge in [0.2, 0.25) is 0 Å². The minimum Gasteiger partial charge on any atom is -0.469 e. The molecule has 2 aromatic rings. The lowest BCUT2D eigenvalue weighted by molar-refractivity contribution is -0.139. The molecule has 0 radical (unpaired) electrons. The van der Waals surface area contributed by atoms with Gasteiger partial charge < -0.3 is 9.84 Å². The molecule has 4 nitrogen and oxygen atoms in total. The number of aliphatic hydroxyl groups is 1. The lowest BCUT2D eigenvalue weighted by atomic mass is 10.1. The lowest BCUT2D eigenvalue weighted by Crippen LogP contribution is -2.14. The molecule has 0 bridgehead atoms. The predicted octanol–water partition coefficient (Wildman–Crippen LogP) is 2.85. The van der Waals surface area contributed by atoms with Crippen LogP contribution in [0.25, 0.3) is 10.4 Å². The molecule has 0 saturated carbocycles. The highest BCUT2D eigenvalue weighted by Gasteiger charge is 2.15. The Kier molecular flexibility index (Phi) is 5.55. The van der Waals surface area contributed by atoms with Gasteiger partial charge in [-0.1, -0.05) is 22.1 Å². The Bertz CT molecular complexity index is 722. The van der Waals surface area contributed by atoms with Crippen molar-refractivity contribution in [1.82, 2.24) is 0 Å². The summed E-state index contributed by atoms with van der Waals surface area (Å²) < 4.78 is 17.8. The summed E-state index contributed by atoms with van der Waals surface area (Å²) in [5.74, 6) is -0.633. The zero-order chi connectivity index (χ0) is 16.3. The quantitative estimate of drug-likeness (QED) is 0.593. The van der Waals surface area contributed by atoms with Gasteiger partial charge in [0.15, 0.2) is 0 Å². The van der Waals surface area contributed by atoms with E-state index >= 15 is 0 Å². The van der Waals surface area contributed by atoms with Crippen LogP contribution >= 0.6 is 27.3 Å². The van der Waals surface area contributed by atoms with Crippen molar-refractivity contribution in [3.63, 3.8) is 0 Å². The van der Waals surface area contributed by atoms with E-state index < -0.39 is 9.93 Å². The van der Waals surface area contributed by atoms with Crippen LogP contribution in [-0.2, 0) is 25.9 Å². The number of carbonyl (C=O) groups excluding carboxylic acids is 1. The molecule has 1 heterocycles. The van der Waals surface area contributed by atoms with Crippen molar-refractivity contribution in [3.05, 3.63) is 39.7 Å². The summed E-state index contributed by atoms with van der Waals surface area (Å²) in [6.45, 7) is 0. The molecule has 1 aromatic carbocycles. The first-order valence-electron chi connectivity index (χ1n) is 6.51. The van der Waals surface area contributed by atoms with Gasteiger partial charge >= 0.3 is 5.97 Å². The van der Waals surface area contributed by atoms with Crippen molar-refractivity contribution in [3.8, 4) is 10.4 Å². The fraction of sp³-hybridized carbons (Fsp3) is 0.267. The van der Waals surface area contributed by atoms with E-state index in [1.54, 1.807) is 18.4 Å². The third kappa shape index (κ3) is 3.84. The van der Waals surface area contributed by atoms with Crippen molar-refractivity contribution in [2.45, 2.75) is 11.3 Å². The maximum Gasteiger partial charge on any atom is 0.310 e. The Morgan fingerprint density at radius 2 is 2.00 bits per heavy atom. The zero-order valence-electron chi connectivity index (χ0n) is 12.2. The van der Waals surface area contributed by atoms with E-state index in [0.29, 0.717) is 4.90 Å². The highest BCUT2D eigenvalue weighted by Crippen LogP contribution is 2.36. The predicted molar refractivity (Wildman–Crippen MR) is 94.0 cm³/mol. The average molecular weight is 405 g/mol. The molecule has 0 amide bonds. The van der Waals surface area contributed by atoms with Crippen molar-refractivity contribution < 1.29 is 18.8 Å². The van der Waals surface area contributed by atoms with E-state index in [2.05, 4.69) is 15.9 Å². The van der Waals surface area contributed by atoms with Crippen LogP contribution in [-0.4, -0.2) is 34.6 Å². The molecule has 0 fully saturated rings. The summed E-state index contributed by atoms with van der Waals surface area (Å²) in [6, 6.07) is 9.16. The molecule has 1 aromatic heterocycles. The highest BCUT2D eigenvalue weighted by molar-refractivity contribution is 9.11. The summed E-state index contributed by atoms with van der Waals surface area (Å²) in [5, 5.41) is 9.19. The molecule has 0 spiro atoms. The van der Waals surface area contributed by atoms with Gasteiger partial charge in [-0.05, 0) is 51.5 Å². The van der Waals surface area contributed by atoms with Crippen LogP contribution in [0.3, 0.4) is 0 Å². The number of aliphatic hydroxyl groups excluding tert-OH is 1. The number of esters is 1. The fourth-order valence-corrected chi connectivity index (χ4v) is 4.63. The Morgan fingerprint density at radius 3 is 2.55 bits per heavy atom. The molecule has 0 atom stereocenters. The fourth-order valence-electron chi connectivity index (χ4n) is 2.01. The summed E-state index contributed by atoms with van der Waals surface area (Å²) in [5.41, 5.74) is 1.83. The van der Waals surface area contributed by atoms with Crippen molar-refractivity contribution in [1.29, 1.82) is 0 Å². The molecule has 0 aliphatic rings. The summed E-state index contributed by atoms with van der Waals surface area (Å²) in [6.07, 6.45) is 1.77. The molecule has 120 valence electrons. The summed E-state index contributed by atoms with van der Waals surface area (Å²) in [4.78, 5) is 13.1. The van der Waals surface area contributed by atoms with Crippen LogP contribution in [0, 0.1) is 0 Å². The minimum absolute atomic E-state index is 0.207. The Morgan fingerprint density at radius 1 is 1.36 bits per heavy atom. The Hall–Kier alpha value is -1.02. The van der Waals surface area contributed by atoms with E-state index in [4.69, 9.17) is 4.74 Å². The highest BCUT2D eigenvalue weighted by atomic mass is 79.9. The smallest absolute Gasteiger partial charge is 0.310 e. The van der Waals surface area contributed by atoms with Crippen molar-refractivity contribution >= 4 is 43.2 Å². The van der Waals surface area contributed by atoms with Gasteiger partial charge in [-0.3, -0.25) is 9.00 Å². The zero-order valence-corrected chi connectivity index (χ0v) is 15.5. The molecule has 22 heavy (non-hydrogen) atoms. The number of hydrogen-bond donors (Lipinski definition) is 2. The Balaban J connectivity index is 2.36. The number of thiol groups is 1. The maximum absolute atomic E-state index is 12.2. The van der Waals surface area contributed by atoms with Crippen LogP contribution in [0.2, 0.25) is 0 Å². The number of hydrogen-bond acceptors (Lipinski definition) is 5. The molecular formula is C15H17BrO4S2. The van der Waals surface area contributed by atoms with Gasteiger partial charge in [-0.15, -0.1) is 11.3 Å². The van der Waals surface area contributed by atoms with Crippen LogP contribution in [0.5, 0.6) is 0 Å². The van der Waals surface area contributed by atoms with E-state index in [-0.39, 0.29) is 18.3 Å². The summed E-state index contributed by atoms with van der Waals surface area (Å²) in [7, 11) is -1.33. The van der Waals surface area contributed by atoms with E-state index in [9.17, 15) is 14.1 Å². The molecular weight excluding hydrogens is 388 g/mol. The Labute approximate surface area is 142 Å². The van der Waals surface area contributed by atoms with Crippen LogP contribution in [0.4, 0.5) is 0 Å². The van der Waals surface area contributed by atoms with Crippen molar-refractivity contribution in [2.24, 2.45) is 0 Å². The monoisotopic (exact) mass is 404 g/mol. The van der Waals surface area contributed by atoms with E-state index in [0.717, 1.165) is 19.8 Å². The number of thiophene rings is 1. The van der Waals surface area contributed by atoms with Gasteiger partial charge in [0.1, 0.15) is 0 Å². The second-order valence-electron chi connectivity index (χ2n) is 4.95. The summed E-state index contributed by atoms with van der Waals surface area (Å²) >= 11 is 4.97. The molecule has 0 unspecified atom stereocenters. The molecule has 2 rings (SSSR count). The first kappa shape index (κ1) is 17.3. The largest absolute Gasteiger partial charge is 0.469 e. The van der Waals surface area contributed by atoms with Gasteiger partial charge in [-0.25, -0.2) is 0 Å². The SMILES string of the molecule is COC(=O)Cc1cc(Br)sc1-c1ccc([SH](C)(=O)CO)cc1. The number of methoxy groups -OCH3 is 1. The first-order chi connectivity index (χ1) is 10.4. The topological polar surface area (TPSA) is 63.6 Å². The van der Waals surface area contributed by atoms with Gasteiger partial charge in [-0.2, -0.15) is 0 Å². The molecule has 0 saturated heterocycles. The van der Waals surface area contributed by atoms with E-state index in [1.807, 2.05) is 18.2 Å². The minimum atomic E-state index is -2.70. The first-order valence-corrected chi connectivity index (χ1v) is 10.5. The number of benzene rings is 1. The number of ether oxygens (including phenoxy) is 1. The molecule has 7 heteroatoms. The standard InChI is InChI=1S/C15H17BrO4S2/c1-20-14(18)8-11-7-13(16)21-15(11)10-3-5-12(6-4-10)22(2,19)9-17/h3-7,17,22H,8-9H2,1-2H3. The number of rotatable bonds is 5. The van der Waals surface area contributed by atoms with Crippen LogP contribution in [0.1, 0.15) is 5.56 Å². The van der Waals surface area contributed by atoms with Gasteiger partial charge in [0.25, 0.3) is 0 Å². The average Bonchev–Trinajstić information content (AvgIpc) is 2.87. The normalized spacial score (nSPS) is 12.2. The lowest BCUT2D eigenvalue weighted by Gasteiger charge is -2.15. The van der Waals surface area contributed by atoms with Crippen molar-refractivity contribution in [2.75, 3.05) is 19.3 Å². The second-order valence-corrected chi connectivity index (χ2v) is 10.4. The molecule has 1 N–H and O–H groups in total. The van der Waals surface area contributed by atoms with Crippen LogP contribution in [0.15, 0.2) is 39.0 Å². The third-order valence-corrected chi connectivity index (χ3v) is 6.95.